The first-order chi connectivity index (χ1) is 11.4. The van der Waals surface area contributed by atoms with Gasteiger partial charge in [0.25, 0.3) is 0 Å². The van der Waals surface area contributed by atoms with Crippen molar-refractivity contribution in [3.05, 3.63) is 10.4 Å². The van der Waals surface area contributed by atoms with Crippen LogP contribution < -0.4 is 5.32 Å². The number of nitrogens with zero attached hydrogens (tertiary/aromatic N) is 3. The Morgan fingerprint density at radius 3 is 2.83 bits per heavy atom. The lowest BCUT2D eigenvalue weighted by Gasteiger charge is -2.30. The third kappa shape index (κ3) is 3.85. The summed E-state index contributed by atoms with van der Waals surface area (Å²) >= 11 is 3.45. The molecule has 5 nitrogen and oxygen atoms in total. The number of hydrogen-bond donors (Lipinski definition) is 1. The lowest BCUT2D eigenvalue weighted by molar-refractivity contribution is -0.0379. The third-order valence-electron chi connectivity index (χ3n) is 4.03. The summed E-state index contributed by atoms with van der Waals surface area (Å²) in [5.41, 5.74) is 1.24. The van der Waals surface area contributed by atoms with Gasteiger partial charge < -0.3 is 15.0 Å². The first-order valence-corrected chi connectivity index (χ1v) is 10.2. The largest absolute Gasteiger partial charge is 0.370 e. The summed E-state index contributed by atoms with van der Waals surface area (Å²) < 4.78 is 5.98. The number of rotatable bonds is 6. The monoisotopic (exact) mass is 366 g/mol. The Balaban J connectivity index is 2.03. The van der Waals surface area contributed by atoms with Crippen LogP contribution in [0.25, 0.3) is 10.2 Å². The highest BCUT2D eigenvalue weighted by Gasteiger charge is 2.31. The first-order valence-electron chi connectivity index (χ1n) is 8.37. The molecule has 0 fully saturated rings. The highest BCUT2D eigenvalue weighted by molar-refractivity contribution is 7.99. The average Bonchev–Trinajstić information content (AvgIpc) is 2.83. The lowest BCUT2D eigenvalue weighted by Crippen LogP contribution is -2.31. The standard InChI is InChI=1S/C17H26N4OS2/c1-6-23-16-19-14(18-7-8-21(4)5)13-11-9-17(2,3)22-10-12(11)24-15(13)20-16/h6-10H2,1-5H3,(H,18,19,20). The van der Waals surface area contributed by atoms with Crippen molar-refractivity contribution in [3.63, 3.8) is 0 Å². The van der Waals surface area contributed by atoms with Gasteiger partial charge in [0.2, 0.25) is 0 Å². The number of hydrogen-bond acceptors (Lipinski definition) is 7. The predicted octanol–water partition coefficient (Wildman–Crippen LogP) is 3.63. The normalized spacial score (nSPS) is 16.6. The SMILES string of the molecule is CCSc1nc(NCCN(C)C)c2c3c(sc2n1)COC(C)(C)C3. The molecule has 2 aromatic heterocycles. The van der Waals surface area contributed by atoms with Crippen molar-refractivity contribution in [1.29, 1.82) is 0 Å². The van der Waals surface area contributed by atoms with Crippen molar-refractivity contribution in [2.45, 2.75) is 44.6 Å². The maximum Gasteiger partial charge on any atom is 0.190 e. The molecule has 2 aromatic rings. The van der Waals surface area contributed by atoms with Crippen LogP contribution in [0.4, 0.5) is 5.82 Å². The quantitative estimate of drug-likeness (QED) is 0.622. The van der Waals surface area contributed by atoms with E-state index in [2.05, 4.69) is 45.1 Å². The maximum atomic E-state index is 5.98. The number of nitrogens with one attached hydrogen (secondary N) is 1. The van der Waals surface area contributed by atoms with Gasteiger partial charge in [0.05, 0.1) is 17.6 Å². The van der Waals surface area contributed by atoms with Crippen LogP contribution in [0.2, 0.25) is 0 Å². The van der Waals surface area contributed by atoms with Gasteiger partial charge in [-0.15, -0.1) is 11.3 Å². The summed E-state index contributed by atoms with van der Waals surface area (Å²) in [4.78, 5) is 14.1. The molecule has 1 N–H and O–H groups in total. The van der Waals surface area contributed by atoms with Crippen molar-refractivity contribution in [3.8, 4) is 0 Å². The van der Waals surface area contributed by atoms with Gasteiger partial charge in [0, 0.05) is 24.4 Å². The Kier molecular flexibility index (Phi) is 5.34. The van der Waals surface area contributed by atoms with Crippen LogP contribution in [0, 0.1) is 0 Å². The smallest absolute Gasteiger partial charge is 0.190 e. The molecule has 0 spiro atoms. The average molecular weight is 367 g/mol. The molecule has 0 radical (unpaired) electrons. The van der Waals surface area contributed by atoms with Gasteiger partial charge in [-0.2, -0.15) is 0 Å². The van der Waals surface area contributed by atoms with Crippen LogP contribution in [0.15, 0.2) is 5.16 Å². The fourth-order valence-corrected chi connectivity index (χ4v) is 4.58. The number of aromatic nitrogens is 2. The molecular formula is C17H26N4OS2. The first kappa shape index (κ1) is 17.9. The van der Waals surface area contributed by atoms with Crippen molar-refractivity contribution in [2.24, 2.45) is 0 Å². The van der Waals surface area contributed by atoms with Crippen LogP contribution in [-0.4, -0.2) is 53.4 Å². The van der Waals surface area contributed by atoms with Crippen LogP contribution in [0.1, 0.15) is 31.2 Å². The van der Waals surface area contributed by atoms with Crippen molar-refractivity contribution in [1.82, 2.24) is 14.9 Å². The zero-order valence-electron chi connectivity index (χ0n) is 15.1. The minimum Gasteiger partial charge on any atom is -0.370 e. The fraction of sp³-hybridized carbons (Fsp3) is 0.647. The van der Waals surface area contributed by atoms with Crippen molar-refractivity contribution >= 4 is 39.1 Å². The second kappa shape index (κ2) is 7.15. The topological polar surface area (TPSA) is 50.3 Å². The molecule has 132 valence electrons. The molecule has 24 heavy (non-hydrogen) atoms. The van der Waals surface area contributed by atoms with Crippen molar-refractivity contribution < 1.29 is 4.74 Å². The van der Waals surface area contributed by atoms with E-state index in [1.54, 1.807) is 23.1 Å². The highest BCUT2D eigenvalue weighted by Crippen LogP contribution is 2.41. The molecule has 3 rings (SSSR count). The van der Waals surface area contributed by atoms with Crippen LogP contribution in [-0.2, 0) is 17.8 Å². The Morgan fingerprint density at radius 1 is 1.33 bits per heavy atom. The van der Waals surface area contributed by atoms with E-state index >= 15 is 0 Å². The summed E-state index contributed by atoms with van der Waals surface area (Å²) in [7, 11) is 4.17. The van der Waals surface area contributed by atoms with E-state index in [4.69, 9.17) is 14.7 Å². The van der Waals surface area contributed by atoms with Crippen LogP contribution >= 0.6 is 23.1 Å². The van der Waals surface area contributed by atoms with Crippen LogP contribution in [0.5, 0.6) is 0 Å². The predicted molar refractivity (Wildman–Crippen MR) is 103 cm³/mol. The summed E-state index contributed by atoms with van der Waals surface area (Å²) in [6.07, 6.45) is 0.911. The third-order valence-corrected chi connectivity index (χ3v) is 5.86. The number of anilines is 1. The molecule has 0 bridgehead atoms. The fourth-order valence-electron chi connectivity index (χ4n) is 2.84. The minimum atomic E-state index is -0.126. The lowest BCUT2D eigenvalue weighted by atomic mass is 9.94. The van der Waals surface area contributed by atoms with Gasteiger partial charge in [-0.1, -0.05) is 18.7 Å². The van der Waals surface area contributed by atoms with Gasteiger partial charge in [-0.25, -0.2) is 9.97 Å². The number of ether oxygens (including phenoxy) is 1. The van der Waals surface area contributed by atoms with Gasteiger partial charge in [-0.3, -0.25) is 0 Å². The number of fused-ring (bicyclic) bond motifs is 3. The molecule has 0 aromatic carbocycles. The molecule has 0 unspecified atom stereocenters. The molecule has 0 amide bonds. The molecule has 7 heteroatoms. The summed E-state index contributed by atoms with van der Waals surface area (Å²) in [5, 5.41) is 5.60. The number of thiophene rings is 1. The Morgan fingerprint density at radius 2 is 2.12 bits per heavy atom. The zero-order valence-corrected chi connectivity index (χ0v) is 16.7. The molecule has 0 saturated carbocycles. The van der Waals surface area contributed by atoms with E-state index in [9.17, 15) is 0 Å². The van der Waals surface area contributed by atoms with Crippen LogP contribution in [0.3, 0.4) is 0 Å². The van der Waals surface area contributed by atoms with E-state index < -0.39 is 0 Å². The molecule has 1 aliphatic heterocycles. The molecule has 0 atom stereocenters. The van der Waals surface area contributed by atoms with E-state index in [0.717, 1.165) is 41.1 Å². The highest BCUT2D eigenvalue weighted by atomic mass is 32.2. The van der Waals surface area contributed by atoms with Crippen molar-refractivity contribution in [2.75, 3.05) is 38.3 Å². The summed E-state index contributed by atoms with van der Waals surface area (Å²) in [5.74, 6) is 1.96. The molecule has 0 saturated heterocycles. The second-order valence-electron chi connectivity index (χ2n) is 6.93. The molecule has 0 aliphatic carbocycles. The van der Waals surface area contributed by atoms with Gasteiger partial charge in [0.15, 0.2) is 5.16 Å². The van der Waals surface area contributed by atoms with Gasteiger partial charge in [-0.05, 0) is 39.3 Å². The van der Waals surface area contributed by atoms with E-state index in [-0.39, 0.29) is 5.60 Å². The molecular weight excluding hydrogens is 340 g/mol. The van der Waals surface area contributed by atoms with Gasteiger partial charge >= 0.3 is 0 Å². The maximum absolute atomic E-state index is 5.98. The second-order valence-corrected chi connectivity index (χ2v) is 9.24. The number of likely N-dealkylation sites (N-methyl/N-ethyl adjacent to an activating group) is 1. The summed E-state index contributed by atoms with van der Waals surface area (Å²) in [6.45, 7) is 8.97. The Hall–Kier alpha value is -0.890. The Labute approximate surface area is 152 Å². The summed E-state index contributed by atoms with van der Waals surface area (Å²) in [6, 6.07) is 0. The van der Waals surface area contributed by atoms with E-state index in [1.165, 1.54) is 15.8 Å². The molecule has 3 heterocycles. The Bertz CT molecular complexity index is 727. The van der Waals surface area contributed by atoms with Gasteiger partial charge in [0.1, 0.15) is 10.6 Å². The minimum absolute atomic E-state index is 0.126. The van der Waals surface area contributed by atoms with E-state index in [1.807, 2.05) is 0 Å². The number of thioether (sulfide) groups is 1. The zero-order chi connectivity index (χ0) is 17.3. The molecule has 1 aliphatic rings. The van der Waals surface area contributed by atoms with E-state index in [0.29, 0.717) is 6.61 Å².